The fourth-order valence-corrected chi connectivity index (χ4v) is 5.69. The van der Waals surface area contributed by atoms with Crippen molar-refractivity contribution in [1.82, 2.24) is 10.9 Å². The van der Waals surface area contributed by atoms with Crippen molar-refractivity contribution in [2.45, 2.75) is 71.5 Å². The molecule has 3 aromatic rings. The molecule has 0 heterocycles. The Hall–Kier alpha value is -4.04. The van der Waals surface area contributed by atoms with Gasteiger partial charge in [-0.05, 0) is 91.6 Å². The van der Waals surface area contributed by atoms with Crippen LogP contribution in [-0.4, -0.2) is 39.4 Å². The van der Waals surface area contributed by atoms with E-state index in [4.69, 9.17) is 25.5 Å². The first-order valence-corrected chi connectivity index (χ1v) is 17.5. The molecule has 0 aliphatic rings. The Morgan fingerprint density at radius 1 is 0.977 bits per heavy atom. The summed E-state index contributed by atoms with van der Waals surface area (Å²) in [5.74, 6) is 0.377. The summed E-state index contributed by atoms with van der Waals surface area (Å²) in [6, 6.07) is 18.7. The van der Waals surface area contributed by atoms with Crippen molar-refractivity contribution >= 4 is 37.4 Å². The normalized spacial score (nSPS) is 12.8. The number of hydrogen-bond donors (Lipinski definition) is 3. The van der Waals surface area contributed by atoms with E-state index < -0.39 is 32.3 Å². The third kappa shape index (κ3) is 8.75. The number of hydrogen-bond acceptors (Lipinski definition) is 7. The van der Waals surface area contributed by atoms with E-state index >= 15 is 0 Å². The molecule has 11 heteroatoms. The van der Waals surface area contributed by atoms with E-state index in [1.807, 2.05) is 31.2 Å². The lowest BCUT2D eigenvalue weighted by Gasteiger charge is -2.40. The third-order valence-corrected chi connectivity index (χ3v) is 12.9. The molecule has 2 unspecified atom stereocenters. The number of nitrogens with zero attached hydrogens (tertiary/aromatic N) is 1. The molecular weight excluding hydrogens is 596 g/mol. The number of anilines is 1. The van der Waals surface area contributed by atoms with Crippen LogP contribution in [0.1, 0.15) is 54.7 Å². The molecule has 234 valence electrons. The number of nitriles is 1. The van der Waals surface area contributed by atoms with Gasteiger partial charge in [0.25, 0.3) is 11.8 Å². The largest absolute Gasteiger partial charge is 0.497 e. The lowest BCUT2D eigenvalue weighted by atomic mass is 10.1. The molecule has 0 fully saturated rings. The van der Waals surface area contributed by atoms with Crippen LogP contribution >= 0.6 is 11.6 Å². The van der Waals surface area contributed by atoms with Gasteiger partial charge in [-0.3, -0.25) is 20.4 Å². The highest BCUT2D eigenvalue weighted by atomic mass is 35.5. The van der Waals surface area contributed by atoms with Crippen molar-refractivity contribution in [2.75, 3.05) is 12.4 Å². The number of nitrogens with one attached hydrogen (secondary N) is 3. The smallest absolute Gasteiger partial charge is 0.269 e. The van der Waals surface area contributed by atoms with Crippen LogP contribution in [0.15, 0.2) is 60.7 Å². The first-order valence-electron chi connectivity index (χ1n) is 14.3. The summed E-state index contributed by atoms with van der Waals surface area (Å²) in [5.41, 5.74) is 7.90. The molecular formula is C33H41ClN4O5Si. The van der Waals surface area contributed by atoms with Crippen LogP contribution < -0.4 is 25.6 Å². The molecule has 0 radical (unpaired) electrons. The number of halogens is 1. The van der Waals surface area contributed by atoms with Gasteiger partial charge in [0, 0.05) is 11.3 Å². The number of benzene rings is 3. The van der Waals surface area contributed by atoms with Crippen molar-refractivity contribution in [1.29, 1.82) is 5.26 Å². The van der Waals surface area contributed by atoms with Crippen molar-refractivity contribution in [3.8, 4) is 17.6 Å². The van der Waals surface area contributed by atoms with Gasteiger partial charge in [-0.2, -0.15) is 5.26 Å². The van der Waals surface area contributed by atoms with Crippen LogP contribution in [0.5, 0.6) is 11.5 Å². The van der Waals surface area contributed by atoms with Gasteiger partial charge < -0.3 is 19.2 Å². The van der Waals surface area contributed by atoms with Crippen LogP contribution in [0.25, 0.3) is 0 Å². The number of amides is 2. The number of methoxy groups -OCH3 is 1. The quantitative estimate of drug-likeness (QED) is 0.157. The SMILES string of the molecule is COc1ccc(COc2ccc(C(=O)NNC(=O)C(Nc3ccc(C#N)c(Cl)c3C)C(C)O[Si](C)(C)C(C)(C)C)cc2)cc1. The highest BCUT2D eigenvalue weighted by molar-refractivity contribution is 6.74. The standard InChI is InChI=1S/C33H41ClN4O5Si/c1-21-28(18-13-25(19-35)29(21)34)36-30(22(2)43-44(7,8)33(3,4)5)32(40)38-37-31(39)24-11-16-27(17-12-24)42-20-23-9-14-26(41-6)15-10-23/h9-18,22,30,36H,20H2,1-8H3,(H,37,39)(H,38,40). The minimum absolute atomic E-state index is 0.0886. The van der Waals surface area contributed by atoms with Crippen molar-refractivity contribution in [3.63, 3.8) is 0 Å². The molecule has 44 heavy (non-hydrogen) atoms. The van der Waals surface area contributed by atoms with Crippen LogP contribution in [0.3, 0.4) is 0 Å². The molecule has 0 saturated heterocycles. The maximum absolute atomic E-state index is 13.5. The van der Waals surface area contributed by atoms with E-state index in [9.17, 15) is 14.9 Å². The van der Waals surface area contributed by atoms with Crippen molar-refractivity contribution < 1.29 is 23.5 Å². The zero-order chi connectivity index (χ0) is 32.7. The summed E-state index contributed by atoms with van der Waals surface area (Å²) in [6.07, 6.45) is -0.566. The summed E-state index contributed by atoms with van der Waals surface area (Å²) in [4.78, 5) is 26.4. The first kappa shape index (κ1) is 34.4. The lowest BCUT2D eigenvalue weighted by Crippen LogP contribution is -2.55. The highest BCUT2D eigenvalue weighted by Crippen LogP contribution is 2.38. The van der Waals surface area contributed by atoms with Gasteiger partial charge in [-0.1, -0.05) is 44.5 Å². The van der Waals surface area contributed by atoms with Gasteiger partial charge in [-0.25, -0.2) is 0 Å². The minimum Gasteiger partial charge on any atom is -0.497 e. The third-order valence-electron chi connectivity index (χ3n) is 7.84. The van der Waals surface area contributed by atoms with Gasteiger partial charge in [0.2, 0.25) is 0 Å². The van der Waals surface area contributed by atoms with E-state index in [0.29, 0.717) is 39.8 Å². The second-order valence-electron chi connectivity index (χ2n) is 12.0. The summed E-state index contributed by atoms with van der Waals surface area (Å²) in [6.45, 7) is 14.5. The number of ether oxygens (including phenoxy) is 2. The monoisotopic (exact) mass is 636 g/mol. The Balaban J connectivity index is 1.70. The molecule has 0 aliphatic carbocycles. The predicted octanol–water partition coefficient (Wildman–Crippen LogP) is 6.76. The highest BCUT2D eigenvalue weighted by Gasteiger charge is 2.41. The average Bonchev–Trinajstić information content (AvgIpc) is 2.99. The number of rotatable bonds is 11. The predicted molar refractivity (Wildman–Crippen MR) is 175 cm³/mol. The molecule has 0 aliphatic heterocycles. The number of carbonyl (C=O) groups is 2. The molecule has 0 spiro atoms. The molecule has 9 nitrogen and oxygen atoms in total. The molecule has 0 aromatic heterocycles. The first-order chi connectivity index (χ1) is 20.7. The Morgan fingerprint density at radius 2 is 1.59 bits per heavy atom. The summed E-state index contributed by atoms with van der Waals surface area (Å²) in [7, 11) is -0.648. The molecule has 3 rings (SSSR count). The second-order valence-corrected chi connectivity index (χ2v) is 17.2. The van der Waals surface area contributed by atoms with Gasteiger partial charge in [-0.15, -0.1) is 0 Å². The van der Waals surface area contributed by atoms with Crippen LogP contribution in [-0.2, 0) is 15.8 Å². The Morgan fingerprint density at radius 3 is 2.16 bits per heavy atom. The fraction of sp³-hybridized carbons (Fsp3) is 0.364. The van der Waals surface area contributed by atoms with Crippen LogP contribution in [0.2, 0.25) is 23.2 Å². The van der Waals surface area contributed by atoms with E-state index in [0.717, 1.165) is 11.3 Å². The van der Waals surface area contributed by atoms with E-state index in [1.165, 1.54) is 0 Å². The Bertz CT molecular complexity index is 1500. The van der Waals surface area contributed by atoms with Crippen LogP contribution in [0, 0.1) is 18.3 Å². The minimum atomic E-state index is -2.26. The summed E-state index contributed by atoms with van der Waals surface area (Å²) < 4.78 is 17.5. The molecule has 0 saturated carbocycles. The van der Waals surface area contributed by atoms with Gasteiger partial charge in [0.1, 0.15) is 30.2 Å². The maximum Gasteiger partial charge on any atom is 0.269 e. The summed E-state index contributed by atoms with van der Waals surface area (Å²) >= 11 is 6.39. The molecule has 3 N–H and O–H groups in total. The number of hydrazine groups is 1. The van der Waals surface area contributed by atoms with Gasteiger partial charge in [0.05, 0.1) is 23.8 Å². The van der Waals surface area contributed by atoms with Crippen molar-refractivity contribution in [2.24, 2.45) is 0 Å². The molecule has 3 aromatic carbocycles. The number of carbonyl (C=O) groups excluding carboxylic acids is 2. The zero-order valence-corrected chi connectivity index (χ0v) is 28.3. The van der Waals surface area contributed by atoms with Crippen molar-refractivity contribution in [3.05, 3.63) is 87.9 Å². The van der Waals surface area contributed by atoms with E-state index in [1.54, 1.807) is 50.4 Å². The molecule has 0 bridgehead atoms. The Labute approximate surface area is 266 Å². The average molecular weight is 637 g/mol. The lowest BCUT2D eigenvalue weighted by molar-refractivity contribution is -0.124. The van der Waals surface area contributed by atoms with Crippen LogP contribution in [0.4, 0.5) is 5.69 Å². The van der Waals surface area contributed by atoms with Gasteiger partial charge >= 0.3 is 0 Å². The topological polar surface area (TPSA) is 122 Å². The molecule has 2 atom stereocenters. The summed E-state index contributed by atoms with van der Waals surface area (Å²) in [5, 5.41) is 12.8. The zero-order valence-electron chi connectivity index (χ0n) is 26.5. The fourth-order valence-electron chi connectivity index (χ4n) is 4.06. The Kier molecular flexibility index (Phi) is 11.4. The maximum atomic E-state index is 13.5. The molecule has 2 amide bonds. The van der Waals surface area contributed by atoms with E-state index in [2.05, 4.69) is 56.1 Å². The van der Waals surface area contributed by atoms with Gasteiger partial charge in [0.15, 0.2) is 8.32 Å². The second kappa shape index (κ2) is 14.6. The van der Waals surface area contributed by atoms with E-state index in [-0.39, 0.29) is 5.04 Å².